The predicted octanol–water partition coefficient (Wildman–Crippen LogP) is 4.99. The third kappa shape index (κ3) is 4.36. The number of nitrogens with zero attached hydrogens (tertiary/aromatic N) is 1. The summed E-state index contributed by atoms with van der Waals surface area (Å²) in [6.45, 7) is 4.35. The topological polar surface area (TPSA) is 29.5 Å². The van der Waals surface area contributed by atoms with Gasteiger partial charge in [0.05, 0.1) is 6.61 Å². The number of likely N-dealkylation sites (tertiary alicyclic amines) is 1. The summed E-state index contributed by atoms with van der Waals surface area (Å²) in [5.41, 5.74) is 0.815. The van der Waals surface area contributed by atoms with Crippen LogP contribution in [0.15, 0.2) is 41.8 Å². The zero-order valence-electron chi connectivity index (χ0n) is 15.2. The second kappa shape index (κ2) is 8.36. The van der Waals surface area contributed by atoms with Crippen LogP contribution in [0.3, 0.4) is 0 Å². The summed E-state index contributed by atoms with van der Waals surface area (Å²) in [5.74, 6) is 1.75. The van der Waals surface area contributed by atoms with Crippen molar-refractivity contribution in [2.45, 2.75) is 38.0 Å². The Morgan fingerprint density at radius 2 is 1.92 bits per heavy atom. The zero-order chi connectivity index (χ0) is 17.8. The molecule has 1 aromatic heterocycles. The van der Waals surface area contributed by atoms with Gasteiger partial charge in [0.25, 0.3) is 0 Å². The maximum absolute atomic E-state index is 12.6. The molecule has 0 unspecified atom stereocenters. The van der Waals surface area contributed by atoms with Gasteiger partial charge in [0, 0.05) is 28.8 Å². The van der Waals surface area contributed by atoms with Crippen LogP contribution < -0.4 is 4.74 Å². The van der Waals surface area contributed by atoms with Crippen molar-refractivity contribution in [3.63, 3.8) is 0 Å². The molecule has 1 aliphatic carbocycles. The number of benzene rings is 1. The van der Waals surface area contributed by atoms with Crippen molar-refractivity contribution in [3.05, 3.63) is 52.2 Å². The van der Waals surface area contributed by atoms with Gasteiger partial charge in [-0.2, -0.15) is 0 Å². The molecule has 3 nitrogen and oxygen atoms in total. The highest BCUT2D eigenvalue weighted by molar-refractivity contribution is 7.10. The van der Waals surface area contributed by atoms with Gasteiger partial charge in [-0.25, -0.2) is 0 Å². The second-order valence-electron chi connectivity index (χ2n) is 7.46. The molecule has 1 saturated carbocycles. The first-order valence-corrected chi connectivity index (χ1v) is 10.7. The number of Topliss-reactive ketones (excluding diaryl/α,β-unsaturated/α-hetero) is 1. The third-order valence-corrected chi connectivity index (χ3v) is 6.51. The van der Waals surface area contributed by atoms with Crippen LogP contribution in [-0.2, 0) is 0 Å². The first-order chi connectivity index (χ1) is 12.8. The highest BCUT2D eigenvalue weighted by Gasteiger charge is 2.44. The van der Waals surface area contributed by atoms with Crippen molar-refractivity contribution in [2.75, 3.05) is 26.2 Å². The number of ketones is 1. The fourth-order valence-electron chi connectivity index (χ4n) is 3.89. The average molecular weight is 370 g/mol. The van der Waals surface area contributed by atoms with E-state index in [1.54, 1.807) is 11.3 Å². The Balaban J connectivity index is 1.21. The van der Waals surface area contributed by atoms with Gasteiger partial charge in [0.15, 0.2) is 5.78 Å². The molecule has 1 saturated heterocycles. The minimum atomic E-state index is 0.171. The van der Waals surface area contributed by atoms with Crippen molar-refractivity contribution in [3.8, 4) is 5.75 Å². The number of carbonyl (C=O) groups excluding carboxylic acids is 1. The van der Waals surface area contributed by atoms with E-state index in [2.05, 4.69) is 22.4 Å². The predicted molar refractivity (Wildman–Crippen MR) is 106 cm³/mol. The van der Waals surface area contributed by atoms with Crippen LogP contribution in [0.1, 0.15) is 53.3 Å². The molecule has 2 aliphatic rings. The highest BCUT2D eigenvalue weighted by Crippen LogP contribution is 2.50. The van der Waals surface area contributed by atoms with Gasteiger partial charge in [0.2, 0.25) is 0 Å². The average Bonchev–Trinajstić information content (AvgIpc) is 3.30. The van der Waals surface area contributed by atoms with Crippen molar-refractivity contribution in [1.29, 1.82) is 0 Å². The Hall–Kier alpha value is -1.65. The van der Waals surface area contributed by atoms with E-state index in [0.29, 0.717) is 5.92 Å². The Morgan fingerprint density at radius 1 is 1.12 bits per heavy atom. The number of rotatable bonds is 8. The van der Waals surface area contributed by atoms with Gasteiger partial charge in [-0.3, -0.25) is 4.79 Å². The lowest BCUT2D eigenvalue weighted by molar-refractivity contribution is 0.0965. The SMILES string of the molecule is O=C(c1ccc(OCCCN2CCCCC2)cc1)[C@@H]1C[C@H]1c1cccs1. The first-order valence-electron chi connectivity index (χ1n) is 9.84. The molecule has 2 fully saturated rings. The van der Waals surface area contributed by atoms with Crippen LogP contribution in [0.2, 0.25) is 0 Å². The van der Waals surface area contributed by atoms with Gasteiger partial charge in [-0.05, 0) is 74.5 Å². The summed E-state index contributed by atoms with van der Waals surface area (Å²) in [4.78, 5) is 16.5. The summed E-state index contributed by atoms with van der Waals surface area (Å²) in [6.07, 6.45) is 6.11. The lowest BCUT2D eigenvalue weighted by atomic mass is 10.1. The number of hydrogen-bond donors (Lipinski definition) is 0. The maximum atomic E-state index is 12.6. The first kappa shape index (κ1) is 17.7. The maximum Gasteiger partial charge on any atom is 0.166 e. The molecule has 0 radical (unpaired) electrons. The molecular formula is C22H27NO2S. The fraction of sp³-hybridized carbons (Fsp3) is 0.500. The van der Waals surface area contributed by atoms with E-state index in [1.165, 1.54) is 37.2 Å². The number of carbonyl (C=O) groups is 1. The van der Waals surface area contributed by atoms with Crippen molar-refractivity contribution < 1.29 is 9.53 Å². The van der Waals surface area contributed by atoms with Crippen LogP contribution in [0, 0.1) is 5.92 Å². The van der Waals surface area contributed by atoms with Gasteiger partial charge >= 0.3 is 0 Å². The largest absolute Gasteiger partial charge is 0.494 e. The Labute approximate surface area is 160 Å². The van der Waals surface area contributed by atoms with Crippen molar-refractivity contribution >= 4 is 17.1 Å². The van der Waals surface area contributed by atoms with E-state index in [4.69, 9.17) is 4.74 Å². The molecule has 26 heavy (non-hydrogen) atoms. The van der Waals surface area contributed by atoms with Crippen LogP contribution in [0.4, 0.5) is 0 Å². The molecule has 0 spiro atoms. The van der Waals surface area contributed by atoms with Crippen molar-refractivity contribution in [2.24, 2.45) is 5.92 Å². The lowest BCUT2D eigenvalue weighted by Crippen LogP contribution is -2.31. The summed E-state index contributed by atoms with van der Waals surface area (Å²) in [6, 6.07) is 11.9. The van der Waals surface area contributed by atoms with Crippen LogP contribution in [-0.4, -0.2) is 36.9 Å². The molecule has 4 rings (SSSR count). The quantitative estimate of drug-likeness (QED) is 0.485. The Bertz CT molecular complexity index is 704. The summed E-state index contributed by atoms with van der Waals surface area (Å²) in [7, 11) is 0. The zero-order valence-corrected chi connectivity index (χ0v) is 16.0. The molecule has 1 aromatic carbocycles. The standard InChI is InChI=1S/C22H27NO2S/c24-22(20-16-19(20)21-6-4-15-26-21)17-7-9-18(10-8-17)25-14-5-13-23-11-2-1-3-12-23/h4,6-10,15,19-20H,1-3,5,11-14,16H2/t19-,20-/m1/s1. The molecule has 2 heterocycles. The number of hydrogen-bond acceptors (Lipinski definition) is 4. The molecule has 2 atom stereocenters. The Morgan fingerprint density at radius 3 is 2.65 bits per heavy atom. The van der Waals surface area contributed by atoms with Crippen LogP contribution in [0.25, 0.3) is 0 Å². The Kier molecular flexibility index (Phi) is 5.71. The summed E-state index contributed by atoms with van der Waals surface area (Å²) >= 11 is 1.76. The summed E-state index contributed by atoms with van der Waals surface area (Å²) in [5, 5.41) is 2.09. The molecule has 2 aromatic rings. The van der Waals surface area contributed by atoms with Gasteiger partial charge in [-0.15, -0.1) is 11.3 Å². The van der Waals surface area contributed by atoms with Crippen LogP contribution >= 0.6 is 11.3 Å². The van der Waals surface area contributed by atoms with E-state index in [9.17, 15) is 4.79 Å². The lowest BCUT2D eigenvalue weighted by Gasteiger charge is -2.26. The minimum absolute atomic E-state index is 0.171. The highest BCUT2D eigenvalue weighted by atomic mass is 32.1. The van der Waals surface area contributed by atoms with Gasteiger partial charge in [-0.1, -0.05) is 12.5 Å². The summed E-state index contributed by atoms with van der Waals surface area (Å²) < 4.78 is 5.85. The molecule has 4 heteroatoms. The van der Waals surface area contributed by atoms with E-state index < -0.39 is 0 Å². The van der Waals surface area contributed by atoms with Crippen molar-refractivity contribution in [1.82, 2.24) is 4.90 Å². The minimum Gasteiger partial charge on any atom is -0.494 e. The van der Waals surface area contributed by atoms with E-state index in [0.717, 1.165) is 37.3 Å². The molecule has 138 valence electrons. The molecule has 1 aliphatic heterocycles. The monoisotopic (exact) mass is 369 g/mol. The molecule has 0 bridgehead atoms. The second-order valence-corrected chi connectivity index (χ2v) is 8.44. The van der Waals surface area contributed by atoms with Gasteiger partial charge < -0.3 is 9.64 Å². The number of ether oxygens (including phenoxy) is 1. The van der Waals surface area contributed by atoms with E-state index in [1.807, 2.05) is 24.3 Å². The van der Waals surface area contributed by atoms with E-state index >= 15 is 0 Å². The fourth-order valence-corrected chi connectivity index (χ4v) is 4.80. The number of thiophene rings is 1. The van der Waals surface area contributed by atoms with Crippen LogP contribution in [0.5, 0.6) is 5.75 Å². The van der Waals surface area contributed by atoms with Gasteiger partial charge in [0.1, 0.15) is 5.75 Å². The smallest absolute Gasteiger partial charge is 0.166 e. The van der Waals surface area contributed by atoms with E-state index in [-0.39, 0.29) is 11.7 Å². The third-order valence-electron chi connectivity index (χ3n) is 5.51. The normalized spacial score (nSPS) is 22.9. The molecule has 0 N–H and O–H groups in total. The molecular weight excluding hydrogens is 342 g/mol. The number of piperidine rings is 1. The molecule has 0 amide bonds.